The number of hydrogen-bond acceptors (Lipinski definition) is 3. The second-order valence-corrected chi connectivity index (χ2v) is 5.31. The highest BCUT2D eigenvalue weighted by atomic mass is 19.1. The van der Waals surface area contributed by atoms with Crippen molar-refractivity contribution in [1.29, 1.82) is 0 Å². The topological polar surface area (TPSA) is 39.1 Å². The molecule has 1 aromatic heterocycles. The van der Waals surface area contributed by atoms with E-state index in [-0.39, 0.29) is 17.9 Å². The minimum Gasteiger partial charge on any atom is -0.383 e. The highest BCUT2D eigenvalue weighted by Crippen LogP contribution is 2.23. The van der Waals surface area contributed by atoms with Crippen molar-refractivity contribution in [1.82, 2.24) is 9.55 Å². The number of benzene rings is 1. The maximum atomic E-state index is 13.8. The van der Waals surface area contributed by atoms with Crippen molar-refractivity contribution in [2.24, 2.45) is 0 Å². The van der Waals surface area contributed by atoms with Crippen molar-refractivity contribution >= 4 is 5.95 Å². The summed E-state index contributed by atoms with van der Waals surface area (Å²) in [5, 5.41) is 3.28. The molecule has 5 heteroatoms. The van der Waals surface area contributed by atoms with E-state index in [1.807, 2.05) is 30.7 Å². The third-order valence-corrected chi connectivity index (χ3v) is 3.45. The number of nitrogens with zero attached hydrogens (tertiary/aromatic N) is 2. The van der Waals surface area contributed by atoms with E-state index in [0.717, 1.165) is 11.6 Å². The molecule has 1 aromatic carbocycles. The first-order valence-corrected chi connectivity index (χ1v) is 7.08. The Hall–Kier alpha value is -1.88. The summed E-state index contributed by atoms with van der Waals surface area (Å²) in [7, 11) is 1.68. The first-order chi connectivity index (χ1) is 10.0. The molecule has 0 fully saturated rings. The minimum absolute atomic E-state index is 0.159. The van der Waals surface area contributed by atoms with Crippen LogP contribution in [0.15, 0.2) is 30.5 Å². The molecule has 0 saturated heterocycles. The fourth-order valence-corrected chi connectivity index (χ4v) is 2.38. The van der Waals surface area contributed by atoms with Crippen LogP contribution in [-0.2, 0) is 4.74 Å². The average Bonchev–Trinajstić information content (AvgIpc) is 2.80. The van der Waals surface area contributed by atoms with Crippen molar-refractivity contribution in [2.45, 2.75) is 32.9 Å². The Morgan fingerprint density at radius 2 is 2.05 bits per heavy atom. The van der Waals surface area contributed by atoms with Gasteiger partial charge in [0.15, 0.2) is 0 Å². The van der Waals surface area contributed by atoms with Gasteiger partial charge in [0, 0.05) is 18.9 Å². The Kier molecular flexibility index (Phi) is 4.96. The van der Waals surface area contributed by atoms with Crippen LogP contribution in [0.3, 0.4) is 0 Å². The molecule has 1 heterocycles. The average molecular weight is 291 g/mol. The number of hydrogen-bond donors (Lipinski definition) is 1. The van der Waals surface area contributed by atoms with Crippen LogP contribution in [0, 0.1) is 12.7 Å². The molecule has 0 radical (unpaired) electrons. The molecule has 1 N–H and O–H groups in total. The zero-order valence-electron chi connectivity index (χ0n) is 12.9. The zero-order chi connectivity index (χ0) is 15.4. The summed E-state index contributed by atoms with van der Waals surface area (Å²) in [6, 6.07) is 6.77. The molecule has 0 aliphatic rings. The summed E-state index contributed by atoms with van der Waals surface area (Å²) in [6.45, 7) is 6.52. The Morgan fingerprint density at radius 3 is 2.71 bits per heavy atom. The summed E-state index contributed by atoms with van der Waals surface area (Å²) in [6.07, 6.45) is 1.97. The van der Waals surface area contributed by atoms with Crippen molar-refractivity contribution in [2.75, 3.05) is 19.0 Å². The molecular weight excluding hydrogens is 269 g/mol. The molecule has 0 bridgehead atoms. The lowest BCUT2D eigenvalue weighted by Crippen LogP contribution is -2.17. The number of imidazole rings is 1. The van der Waals surface area contributed by atoms with Crippen molar-refractivity contribution in [3.05, 3.63) is 47.5 Å². The van der Waals surface area contributed by atoms with E-state index < -0.39 is 0 Å². The van der Waals surface area contributed by atoms with E-state index in [0.29, 0.717) is 12.2 Å². The first kappa shape index (κ1) is 15.5. The van der Waals surface area contributed by atoms with Gasteiger partial charge in [0.1, 0.15) is 5.82 Å². The Morgan fingerprint density at radius 1 is 1.33 bits per heavy atom. The lowest BCUT2D eigenvalue weighted by Gasteiger charge is -2.20. The summed E-state index contributed by atoms with van der Waals surface area (Å²) in [4.78, 5) is 4.48. The summed E-state index contributed by atoms with van der Waals surface area (Å²) >= 11 is 0. The molecule has 0 aliphatic carbocycles. The van der Waals surface area contributed by atoms with Crippen LogP contribution in [0.5, 0.6) is 0 Å². The number of rotatable bonds is 6. The van der Waals surface area contributed by atoms with Gasteiger partial charge >= 0.3 is 0 Å². The maximum Gasteiger partial charge on any atom is 0.203 e. The fourth-order valence-electron chi connectivity index (χ4n) is 2.38. The fraction of sp³-hybridized carbons (Fsp3) is 0.438. The number of nitrogens with one attached hydrogen (secondary N) is 1. The molecule has 0 aliphatic heterocycles. The van der Waals surface area contributed by atoms with E-state index in [2.05, 4.69) is 17.2 Å². The van der Waals surface area contributed by atoms with Crippen LogP contribution in [0.4, 0.5) is 10.3 Å². The Bertz CT molecular complexity index is 597. The van der Waals surface area contributed by atoms with Crippen molar-refractivity contribution in [3.63, 3.8) is 0 Å². The van der Waals surface area contributed by atoms with Crippen LogP contribution >= 0.6 is 0 Å². The second-order valence-electron chi connectivity index (χ2n) is 5.31. The quantitative estimate of drug-likeness (QED) is 0.882. The van der Waals surface area contributed by atoms with Crippen LogP contribution < -0.4 is 5.32 Å². The van der Waals surface area contributed by atoms with Crippen LogP contribution in [-0.4, -0.2) is 23.3 Å². The van der Waals surface area contributed by atoms with E-state index in [9.17, 15) is 4.39 Å². The number of aryl methyl sites for hydroxylation is 1. The lowest BCUT2D eigenvalue weighted by atomic mass is 10.1. The number of halogens is 1. The largest absolute Gasteiger partial charge is 0.383 e. The molecule has 114 valence electrons. The maximum absolute atomic E-state index is 13.8. The van der Waals surface area contributed by atoms with Crippen molar-refractivity contribution < 1.29 is 9.13 Å². The molecule has 0 amide bonds. The van der Waals surface area contributed by atoms with Crippen LogP contribution in [0.2, 0.25) is 0 Å². The smallest absolute Gasteiger partial charge is 0.203 e. The first-order valence-electron chi connectivity index (χ1n) is 7.08. The number of ether oxygens (including phenoxy) is 1. The minimum atomic E-state index is -0.211. The third-order valence-electron chi connectivity index (χ3n) is 3.45. The van der Waals surface area contributed by atoms with Gasteiger partial charge in [-0.25, -0.2) is 9.37 Å². The molecule has 21 heavy (non-hydrogen) atoms. The number of anilines is 1. The number of methoxy groups -OCH3 is 1. The van der Waals surface area contributed by atoms with E-state index in [1.54, 1.807) is 19.2 Å². The standard InChI is InChI=1S/C16H22FN3O/c1-11-9-20(12(2)10-21-4)16(18-11)19-13(3)14-7-5-6-8-15(14)17/h5-9,12-13H,10H2,1-4H3,(H,18,19). The Labute approximate surface area is 125 Å². The van der Waals surface area contributed by atoms with Crippen LogP contribution in [0.25, 0.3) is 0 Å². The highest BCUT2D eigenvalue weighted by Gasteiger charge is 2.16. The highest BCUT2D eigenvalue weighted by molar-refractivity contribution is 5.35. The third kappa shape index (κ3) is 3.61. The molecule has 0 spiro atoms. The second kappa shape index (κ2) is 6.72. The van der Waals surface area contributed by atoms with Crippen LogP contribution in [0.1, 0.15) is 37.2 Å². The zero-order valence-corrected chi connectivity index (χ0v) is 12.9. The van der Waals surface area contributed by atoms with Gasteiger partial charge in [-0.05, 0) is 26.8 Å². The molecule has 2 unspecified atom stereocenters. The lowest BCUT2D eigenvalue weighted by molar-refractivity contribution is 0.163. The van der Waals surface area contributed by atoms with Gasteiger partial charge < -0.3 is 14.6 Å². The molecule has 4 nitrogen and oxygen atoms in total. The SMILES string of the molecule is COCC(C)n1cc(C)nc1NC(C)c1ccccc1F. The van der Waals surface area contributed by atoms with Gasteiger partial charge in [-0.15, -0.1) is 0 Å². The molecule has 2 rings (SSSR count). The van der Waals surface area contributed by atoms with Gasteiger partial charge in [0.05, 0.1) is 24.4 Å². The molecule has 0 saturated carbocycles. The normalized spacial score (nSPS) is 14.0. The Balaban J connectivity index is 2.21. The summed E-state index contributed by atoms with van der Waals surface area (Å²) in [5.74, 6) is 0.519. The molecule has 2 atom stereocenters. The molecule has 2 aromatic rings. The van der Waals surface area contributed by atoms with E-state index in [4.69, 9.17) is 4.74 Å². The monoisotopic (exact) mass is 291 g/mol. The predicted molar refractivity (Wildman–Crippen MR) is 82.0 cm³/mol. The predicted octanol–water partition coefficient (Wildman–Crippen LogP) is 3.71. The summed E-state index contributed by atoms with van der Waals surface area (Å²) < 4.78 is 21.1. The van der Waals surface area contributed by atoms with Crippen molar-refractivity contribution in [3.8, 4) is 0 Å². The van der Waals surface area contributed by atoms with Gasteiger partial charge in [-0.2, -0.15) is 0 Å². The number of aromatic nitrogens is 2. The summed E-state index contributed by atoms with van der Waals surface area (Å²) in [5.41, 5.74) is 1.55. The van der Waals surface area contributed by atoms with Gasteiger partial charge in [0.25, 0.3) is 0 Å². The van der Waals surface area contributed by atoms with Gasteiger partial charge in [0.2, 0.25) is 5.95 Å². The van der Waals surface area contributed by atoms with Gasteiger partial charge in [-0.3, -0.25) is 0 Å². The van der Waals surface area contributed by atoms with E-state index in [1.165, 1.54) is 6.07 Å². The van der Waals surface area contributed by atoms with E-state index >= 15 is 0 Å². The van der Waals surface area contributed by atoms with Gasteiger partial charge in [-0.1, -0.05) is 18.2 Å². The molecular formula is C16H22FN3O.